The van der Waals surface area contributed by atoms with Crippen LogP contribution in [0.15, 0.2) is 36.5 Å². The van der Waals surface area contributed by atoms with Gasteiger partial charge in [0.25, 0.3) is 11.8 Å². The molecule has 0 bridgehead atoms. The number of carbonyl (C=O) groups is 2. The number of hydrogen-bond donors (Lipinski definition) is 2. The fraction of sp³-hybridized carbons (Fsp3) is 0.360. The lowest BCUT2D eigenvalue weighted by atomic mass is 9.96. The average molecular weight is 548 g/mol. The van der Waals surface area contributed by atoms with Crippen molar-refractivity contribution in [1.29, 1.82) is 0 Å². The van der Waals surface area contributed by atoms with Gasteiger partial charge in [-0.3, -0.25) is 9.59 Å². The van der Waals surface area contributed by atoms with Crippen LogP contribution in [0.1, 0.15) is 47.2 Å². The Morgan fingerprint density at radius 1 is 1.19 bits per heavy atom. The van der Waals surface area contributed by atoms with Gasteiger partial charge in [-0.1, -0.05) is 44.0 Å². The van der Waals surface area contributed by atoms with Crippen molar-refractivity contribution < 1.29 is 14.3 Å². The highest BCUT2D eigenvalue weighted by molar-refractivity contribution is 8.00. The van der Waals surface area contributed by atoms with E-state index in [2.05, 4.69) is 20.7 Å². The van der Waals surface area contributed by atoms with Gasteiger partial charge in [0, 0.05) is 35.3 Å². The first-order chi connectivity index (χ1) is 17.0. The number of pyridine rings is 1. The SMILES string of the molecule is Cc1cc(Cl)cc(C(=O)NCC(C)(C)C)c1NC(=O)c1cc(OC2CSC2)nn1-c1ncccc1Cl. The van der Waals surface area contributed by atoms with Gasteiger partial charge in [0.1, 0.15) is 11.8 Å². The summed E-state index contributed by atoms with van der Waals surface area (Å²) >= 11 is 14.4. The van der Waals surface area contributed by atoms with Crippen LogP contribution in [-0.2, 0) is 0 Å². The van der Waals surface area contributed by atoms with Gasteiger partial charge in [-0.25, -0.2) is 9.67 Å². The summed E-state index contributed by atoms with van der Waals surface area (Å²) < 4.78 is 7.26. The number of benzene rings is 1. The predicted octanol–water partition coefficient (Wildman–Crippen LogP) is 5.40. The first kappa shape index (κ1) is 26.3. The molecule has 1 aliphatic heterocycles. The van der Waals surface area contributed by atoms with Crippen molar-refractivity contribution in [3.05, 3.63) is 63.4 Å². The topological polar surface area (TPSA) is 98.1 Å². The molecule has 0 radical (unpaired) electrons. The molecule has 11 heteroatoms. The Morgan fingerprint density at radius 3 is 2.58 bits per heavy atom. The number of carbonyl (C=O) groups excluding carboxylic acids is 2. The summed E-state index contributed by atoms with van der Waals surface area (Å²) in [6.45, 7) is 8.29. The highest BCUT2D eigenvalue weighted by Crippen LogP contribution is 2.29. The molecule has 3 heterocycles. The Kier molecular flexibility index (Phi) is 7.82. The second-order valence-corrected chi connectivity index (χ2v) is 11.6. The van der Waals surface area contributed by atoms with Crippen molar-refractivity contribution in [2.24, 2.45) is 5.41 Å². The molecular weight excluding hydrogens is 521 g/mol. The minimum Gasteiger partial charge on any atom is -0.472 e. The van der Waals surface area contributed by atoms with Gasteiger partial charge in [0.05, 0.1) is 16.3 Å². The molecule has 2 amide bonds. The lowest BCUT2D eigenvalue weighted by Gasteiger charge is -2.24. The maximum Gasteiger partial charge on any atom is 0.274 e. The maximum absolute atomic E-state index is 13.6. The van der Waals surface area contributed by atoms with Crippen molar-refractivity contribution >= 4 is 52.5 Å². The summed E-state index contributed by atoms with van der Waals surface area (Å²) in [4.78, 5) is 30.9. The summed E-state index contributed by atoms with van der Waals surface area (Å²) in [6, 6.07) is 8.13. The minimum atomic E-state index is -0.502. The Balaban J connectivity index is 1.69. The number of nitrogens with zero attached hydrogens (tertiary/aromatic N) is 3. The van der Waals surface area contributed by atoms with Crippen molar-refractivity contribution in [3.63, 3.8) is 0 Å². The van der Waals surface area contributed by atoms with Gasteiger partial charge in [0.15, 0.2) is 5.82 Å². The number of thioether (sulfide) groups is 1. The van der Waals surface area contributed by atoms with Gasteiger partial charge in [-0.15, -0.1) is 5.10 Å². The van der Waals surface area contributed by atoms with Gasteiger partial charge < -0.3 is 15.4 Å². The molecule has 1 aromatic carbocycles. The van der Waals surface area contributed by atoms with Crippen LogP contribution in [-0.4, -0.2) is 50.7 Å². The van der Waals surface area contributed by atoms with E-state index in [0.717, 1.165) is 11.5 Å². The normalized spacial score (nSPS) is 13.7. The molecule has 0 saturated carbocycles. The smallest absolute Gasteiger partial charge is 0.274 e. The van der Waals surface area contributed by atoms with Crippen molar-refractivity contribution in [1.82, 2.24) is 20.1 Å². The van der Waals surface area contributed by atoms with E-state index in [-0.39, 0.29) is 34.5 Å². The fourth-order valence-electron chi connectivity index (χ4n) is 3.43. The zero-order chi connectivity index (χ0) is 26.0. The summed E-state index contributed by atoms with van der Waals surface area (Å²) in [5.74, 6) is 1.46. The monoisotopic (exact) mass is 547 g/mol. The molecule has 190 valence electrons. The van der Waals surface area contributed by atoms with E-state index in [0.29, 0.717) is 33.7 Å². The number of nitrogens with one attached hydrogen (secondary N) is 2. The molecule has 8 nitrogen and oxygen atoms in total. The number of rotatable bonds is 7. The fourth-order valence-corrected chi connectivity index (χ4v) is 4.47. The third kappa shape index (κ3) is 6.14. The van der Waals surface area contributed by atoms with Crippen LogP contribution in [0, 0.1) is 12.3 Å². The van der Waals surface area contributed by atoms with E-state index in [1.54, 1.807) is 49.1 Å². The van der Waals surface area contributed by atoms with Crippen LogP contribution in [0.25, 0.3) is 5.82 Å². The largest absolute Gasteiger partial charge is 0.472 e. The first-order valence-electron chi connectivity index (χ1n) is 11.4. The highest BCUT2D eigenvalue weighted by atomic mass is 35.5. The first-order valence-corrected chi connectivity index (χ1v) is 13.3. The van der Waals surface area contributed by atoms with E-state index in [9.17, 15) is 9.59 Å². The Morgan fingerprint density at radius 2 is 1.94 bits per heavy atom. The third-order valence-corrected chi connectivity index (χ3v) is 7.05. The molecule has 3 aromatic rings. The van der Waals surface area contributed by atoms with Crippen LogP contribution < -0.4 is 15.4 Å². The molecular formula is C25H27Cl2N5O3S. The number of amides is 2. The number of halogens is 2. The number of ether oxygens (including phenoxy) is 1. The van der Waals surface area contributed by atoms with E-state index in [4.69, 9.17) is 27.9 Å². The van der Waals surface area contributed by atoms with Crippen molar-refractivity contribution in [2.75, 3.05) is 23.4 Å². The molecule has 2 N–H and O–H groups in total. The Bertz CT molecular complexity index is 1300. The van der Waals surface area contributed by atoms with Crippen LogP contribution in [0.2, 0.25) is 10.0 Å². The van der Waals surface area contributed by atoms with E-state index in [1.165, 1.54) is 10.7 Å². The molecule has 0 unspecified atom stereocenters. The molecule has 1 aliphatic rings. The summed E-state index contributed by atoms with van der Waals surface area (Å²) in [7, 11) is 0. The molecule has 0 aliphatic carbocycles. The number of hydrogen-bond acceptors (Lipinski definition) is 6. The molecule has 4 rings (SSSR count). The summed E-state index contributed by atoms with van der Waals surface area (Å²) in [6.07, 6.45) is 1.60. The van der Waals surface area contributed by atoms with E-state index in [1.807, 2.05) is 20.8 Å². The quantitative estimate of drug-likeness (QED) is 0.410. The third-order valence-electron chi connectivity index (χ3n) is 5.32. The second-order valence-electron chi connectivity index (χ2n) is 9.71. The van der Waals surface area contributed by atoms with Crippen LogP contribution in [0.4, 0.5) is 5.69 Å². The number of aromatic nitrogens is 3. The molecule has 0 atom stereocenters. The Labute approximate surface area is 224 Å². The zero-order valence-electron chi connectivity index (χ0n) is 20.4. The predicted molar refractivity (Wildman–Crippen MR) is 144 cm³/mol. The van der Waals surface area contributed by atoms with Crippen molar-refractivity contribution in [3.8, 4) is 11.7 Å². The maximum atomic E-state index is 13.6. The second kappa shape index (κ2) is 10.7. The van der Waals surface area contributed by atoms with Gasteiger partial charge in [-0.2, -0.15) is 11.8 Å². The van der Waals surface area contributed by atoms with E-state index < -0.39 is 5.91 Å². The van der Waals surface area contributed by atoms with Gasteiger partial charge >= 0.3 is 0 Å². The van der Waals surface area contributed by atoms with Crippen LogP contribution >= 0.6 is 35.0 Å². The number of aryl methyl sites for hydroxylation is 1. The van der Waals surface area contributed by atoms with Gasteiger partial charge in [0.2, 0.25) is 5.88 Å². The number of anilines is 1. The lowest BCUT2D eigenvalue weighted by molar-refractivity contribution is 0.0940. The van der Waals surface area contributed by atoms with E-state index >= 15 is 0 Å². The Hall–Kier alpha value is -2.75. The summed E-state index contributed by atoms with van der Waals surface area (Å²) in [5.41, 5.74) is 1.31. The molecule has 1 saturated heterocycles. The average Bonchev–Trinajstić information content (AvgIpc) is 3.20. The summed E-state index contributed by atoms with van der Waals surface area (Å²) in [5, 5.41) is 11.0. The van der Waals surface area contributed by atoms with Crippen molar-refractivity contribution in [2.45, 2.75) is 33.8 Å². The highest BCUT2D eigenvalue weighted by Gasteiger charge is 2.26. The molecule has 0 spiro atoms. The van der Waals surface area contributed by atoms with Gasteiger partial charge in [-0.05, 0) is 42.2 Å². The minimum absolute atomic E-state index is 0.0325. The standard InChI is InChI=1S/C25H27Cl2N5O3S/c1-14-8-15(26)9-17(23(33)29-13-25(2,3)4)21(14)30-24(34)19-10-20(35-16-11-36-12-16)31-32(19)22-18(27)6-5-7-28-22/h5-10,16H,11-13H2,1-4H3,(H,29,33)(H,30,34). The molecule has 36 heavy (non-hydrogen) atoms. The molecule has 1 fully saturated rings. The lowest BCUT2D eigenvalue weighted by Crippen LogP contribution is -2.33. The zero-order valence-corrected chi connectivity index (χ0v) is 22.7. The molecule has 2 aromatic heterocycles. The van der Waals surface area contributed by atoms with Crippen LogP contribution in [0.5, 0.6) is 5.88 Å². The van der Waals surface area contributed by atoms with Crippen LogP contribution in [0.3, 0.4) is 0 Å².